The highest BCUT2D eigenvalue weighted by Gasteiger charge is 2.51. The minimum atomic E-state index is -0.747. The van der Waals surface area contributed by atoms with Gasteiger partial charge < -0.3 is 10.0 Å². The Morgan fingerprint density at radius 2 is 1.74 bits per heavy atom. The van der Waals surface area contributed by atoms with Crippen LogP contribution in [0.15, 0.2) is 0 Å². The molecule has 0 aromatic heterocycles. The predicted octanol–water partition coefficient (Wildman–Crippen LogP) is 2.13. The lowest BCUT2D eigenvalue weighted by atomic mass is 9.79. The van der Waals surface area contributed by atoms with Gasteiger partial charge in [-0.15, -0.1) is 0 Å². The molecule has 1 saturated heterocycles. The molecule has 4 nitrogen and oxygen atoms in total. The Morgan fingerprint density at radius 3 is 2.16 bits per heavy atom. The van der Waals surface area contributed by atoms with E-state index in [0.29, 0.717) is 24.3 Å². The van der Waals surface area contributed by atoms with Crippen LogP contribution in [-0.2, 0) is 9.59 Å². The molecule has 3 unspecified atom stereocenters. The van der Waals surface area contributed by atoms with E-state index in [9.17, 15) is 14.7 Å². The van der Waals surface area contributed by atoms with Crippen molar-refractivity contribution >= 4 is 11.9 Å². The van der Waals surface area contributed by atoms with Gasteiger partial charge in [0.05, 0.1) is 5.92 Å². The molecule has 19 heavy (non-hydrogen) atoms. The Balaban J connectivity index is 1.85. The molecule has 3 rings (SSSR count). The molecular formula is C15H23NO3. The second-order valence-corrected chi connectivity index (χ2v) is 6.75. The smallest absolute Gasteiger partial charge is 0.308 e. The molecule has 2 aliphatic carbocycles. The summed E-state index contributed by atoms with van der Waals surface area (Å²) in [5, 5.41) is 9.44. The molecule has 106 valence electrons. The average Bonchev–Trinajstić information content (AvgIpc) is 3.16. The van der Waals surface area contributed by atoms with Crippen molar-refractivity contribution in [3.05, 3.63) is 0 Å². The Hall–Kier alpha value is -1.06. The predicted molar refractivity (Wildman–Crippen MR) is 70.5 cm³/mol. The number of piperidine rings is 1. The van der Waals surface area contributed by atoms with Crippen LogP contribution in [0.3, 0.4) is 0 Å². The summed E-state index contributed by atoms with van der Waals surface area (Å²) in [5.41, 5.74) is 0. The zero-order valence-corrected chi connectivity index (χ0v) is 11.7. The molecule has 3 atom stereocenters. The van der Waals surface area contributed by atoms with Crippen LogP contribution >= 0.6 is 0 Å². The maximum Gasteiger partial charge on any atom is 0.308 e. The minimum absolute atomic E-state index is 0.0460. The number of hydrogen-bond donors (Lipinski definition) is 1. The summed E-state index contributed by atoms with van der Waals surface area (Å²) in [7, 11) is 0. The maximum absolute atomic E-state index is 12.4. The first-order valence-electron chi connectivity index (χ1n) is 7.54. The number of rotatable bonds is 4. The third kappa shape index (κ3) is 2.26. The molecule has 1 aliphatic heterocycles. The highest BCUT2D eigenvalue weighted by molar-refractivity contribution is 5.82. The summed E-state index contributed by atoms with van der Waals surface area (Å²) in [6, 6.07) is 0.178. The standard InChI is InChI=1S/C15H23NO3/c1-8-7-12(17)16(9(2)13(8)15(18)19)14(10-3-4-10)11-5-6-11/h8-11,13-14H,3-7H2,1-2H3,(H,18,19). The molecule has 0 aromatic carbocycles. The Kier molecular flexibility index (Phi) is 3.06. The molecule has 1 heterocycles. The highest BCUT2D eigenvalue weighted by atomic mass is 16.4. The first-order chi connectivity index (χ1) is 9.00. The van der Waals surface area contributed by atoms with E-state index in [1.165, 1.54) is 25.7 Å². The molecule has 0 bridgehead atoms. The van der Waals surface area contributed by atoms with Crippen LogP contribution < -0.4 is 0 Å². The van der Waals surface area contributed by atoms with Crippen LogP contribution in [-0.4, -0.2) is 34.0 Å². The summed E-state index contributed by atoms with van der Waals surface area (Å²) in [6.45, 7) is 3.83. The summed E-state index contributed by atoms with van der Waals surface area (Å²) >= 11 is 0. The molecule has 3 aliphatic rings. The van der Waals surface area contributed by atoms with Gasteiger partial charge in [-0.1, -0.05) is 6.92 Å². The minimum Gasteiger partial charge on any atom is -0.481 e. The van der Waals surface area contributed by atoms with Gasteiger partial charge in [-0.25, -0.2) is 0 Å². The molecule has 1 amide bonds. The monoisotopic (exact) mass is 265 g/mol. The zero-order valence-electron chi connectivity index (χ0n) is 11.7. The first kappa shape index (κ1) is 12.9. The lowest BCUT2D eigenvalue weighted by Crippen LogP contribution is -2.57. The van der Waals surface area contributed by atoms with Crippen molar-refractivity contribution in [3.8, 4) is 0 Å². The van der Waals surface area contributed by atoms with Gasteiger partial charge in [-0.2, -0.15) is 0 Å². The van der Waals surface area contributed by atoms with Crippen LogP contribution in [0.1, 0.15) is 46.0 Å². The molecule has 0 aromatic rings. The van der Waals surface area contributed by atoms with Crippen molar-refractivity contribution in [2.75, 3.05) is 0 Å². The van der Waals surface area contributed by atoms with E-state index < -0.39 is 11.9 Å². The second kappa shape index (κ2) is 4.50. The fourth-order valence-electron chi connectivity index (χ4n) is 3.99. The van der Waals surface area contributed by atoms with Gasteiger partial charge in [0.15, 0.2) is 0 Å². The van der Waals surface area contributed by atoms with Crippen molar-refractivity contribution < 1.29 is 14.7 Å². The van der Waals surface area contributed by atoms with E-state index in [4.69, 9.17) is 0 Å². The maximum atomic E-state index is 12.4. The van der Waals surface area contributed by atoms with Gasteiger partial charge >= 0.3 is 5.97 Å². The summed E-state index contributed by atoms with van der Waals surface area (Å²) < 4.78 is 0. The van der Waals surface area contributed by atoms with E-state index in [1.54, 1.807) is 0 Å². The Bertz CT molecular complexity index is 388. The Labute approximate surface area is 114 Å². The quantitative estimate of drug-likeness (QED) is 0.847. The van der Waals surface area contributed by atoms with Gasteiger partial charge in [-0.05, 0) is 50.4 Å². The van der Waals surface area contributed by atoms with E-state index >= 15 is 0 Å². The number of carboxylic acids is 1. The molecule has 0 spiro atoms. The number of carbonyl (C=O) groups is 2. The molecule has 2 saturated carbocycles. The molecule has 0 radical (unpaired) electrons. The lowest BCUT2D eigenvalue weighted by molar-refractivity contribution is -0.157. The average molecular weight is 265 g/mol. The van der Waals surface area contributed by atoms with Gasteiger partial charge in [-0.3, -0.25) is 9.59 Å². The number of aliphatic carboxylic acids is 1. The van der Waals surface area contributed by atoms with Gasteiger partial charge in [0.25, 0.3) is 0 Å². The SMILES string of the molecule is CC1CC(=O)N(C(C2CC2)C2CC2)C(C)C1C(=O)O. The van der Waals surface area contributed by atoms with E-state index in [-0.39, 0.29) is 17.9 Å². The van der Waals surface area contributed by atoms with Crippen molar-refractivity contribution in [3.63, 3.8) is 0 Å². The van der Waals surface area contributed by atoms with Crippen LogP contribution in [0, 0.1) is 23.7 Å². The topological polar surface area (TPSA) is 57.6 Å². The fourth-order valence-corrected chi connectivity index (χ4v) is 3.99. The van der Waals surface area contributed by atoms with Crippen molar-refractivity contribution in [2.45, 2.75) is 58.0 Å². The van der Waals surface area contributed by atoms with Gasteiger partial charge in [0.2, 0.25) is 5.91 Å². The van der Waals surface area contributed by atoms with Gasteiger partial charge in [0.1, 0.15) is 0 Å². The molecule has 1 N–H and O–H groups in total. The number of carbonyl (C=O) groups excluding carboxylic acids is 1. The number of nitrogens with zero attached hydrogens (tertiary/aromatic N) is 1. The largest absolute Gasteiger partial charge is 0.481 e. The Morgan fingerprint density at radius 1 is 1.21 bits per heavy atom. The van der Waals surface area contributed by atoms with Crippen LogP contribution in [0.5, 0.6) is 0 Å². The summed E-state index contributed by atoms with van der Waals surface area (Å²) in [5.74, 6) is 0.264. The third-order valence-electron chi connectivity index (χ3n) is 5.17. The number of amides is 1. The van der Waals surface area contributed by atoms with Crippen molar-refractivity contribution in [2.24, 2.45) is 23.7 Å². The number of likely N-dealkylation sites (tertiary alicyclic amines) is 1. The van der Waals surface area contributed by atoms with E-state index in [2.05, 4.69) is 0 Å². The van der Waals surface area contributed by atoms with Crippen LogP contribution in [0.25, 0.3) is 0 Å². The number of carboxylic acid groups (broad SMARTS) is 1. The second-order valence-electron chi connectivity index (χ2n) is 6.75. The summed E-state index contributed by atoms with van der Waals surface area (Å²) in [6.07, 6.45) is 5.25. The van der Waals surface area contributed by atoms with Crippen LogP contribution in [0.2, 0.25) is 0 Å². The molecule has 4 heteroatoms. The number of hydrogen-bond acceptors (Lipinski definition) is 2. The van der Waals surface area contributed by atoms with Crippen molar-refractivity contribution in [1.82, 2.24) is 4.90 Å². The fraction of sp³-hybridized carbons (Fsp3) is 0.867. The van der Waals surface area contributed by atoms with E-state index in [0.717, 1.165) is 0 Å². The third-order valence-corrected chi connectivity index (χ3v) is 5.17. The highest BCUT2D eigenvalue weighted by Crippen LogP contribution is 2.49. The summed E-state index contributed by atoms with van der Waals surface area (Å²) in [4.78, 5) is 25.9. The van der Waals surface area contributed by atoms with Crippen LogP contribution in [0.4, 0.5) is 0 Å². The van der Waals surface area contributed by atoms with E-state index in [1.807, 2.05) is 18.7 Å². The van der Waals surface area contributed by atoms with Crippen molar-refractivity contribution in [1.29, 1.82) is 0 Å². The molecule has 3 fully saturated rings. The molecular weight excluding hydrogens is 242 g/mol. The normalized spacial score (nSPS) is 35.8. The zero-order chi connectivity index (χ0) is 13.7. The first-order valence-corrected chi connectivity index (χ1v) is 7.54. The van der Waals surface area contributed by atoms with Gasteiger partial charge in [0, 0.05) is 18.5 Å². The lowest BCUT2D eigenvalue weighted by Gasteiger charge is -2.45.